The van der Waals surface area contributed by atoms with Crippen LogP contribution in [0.1, 0.15) is 43.9 Å². The van der Waals surface area contributed by atoms with Crippen LogP contribution in [0.25, 0.3) is 0 Å². The van der Waals surface area contributed by atoms with Gasteiger partial charge in [0.25, 0.3) is 0 Å². The summed E-state index contributed by atoms with van der Waals surface area (Å²) in [6.07, 6.45) is 8.66. The molecule has 0 aromatic carbocycles. The summed E-state index contributed by atoms with van der Waals surface area (Å²) in [6.45, 7) is 2.86. The number of rotatable bonds is 4. The van der Waals surface area contributed by atoms with E-state index in [9.17, 15) is 0 Å². The molecule has 0 radical (unpaired) electrons. The van der Waals surface area contributed by atoms with E-state index in [-0.39, 0.29) is 0 Å². The second kappa shape index (κ2) is 5.96. The summed E-state index contributed by atoms with van der Waals surface area (Å²) in [5.74, 6) is 1.03. The molecule has 1 unspecified atom stereocenters. The molecule has 2 rings (SSSR count). The lowest BCUT2D eigenvalue weighted by Gasteiger charge is -2.17. The second-order valence-corrected chi connectivity index (χ2v) is 4.83. The predicted molar refractivity (Wildman–Crippen MR) is 70.0 cm³/mol. The number of fused-ring (bicyclic) bond motifs is 1. The Bertz CT molecular complexity index is 364. The molecule has 0 bridgehead atoms. The van der Waals surface area contributed by atoms with Crippen molar-refractivity contribution in [3.05, 3.63) is 17.6 Å². The molecule has 1 aromatic heterocycles. The Morgan fingerprint density at radius 3 is 2.94 bits per heavy atom. The van der Waals surface area contributed by atoms with Crippen LogP contribution in [0, 0.1) is 0 Å². The van der Waals surface area contributed by atoms with Gasteiger partial charge in [0.15, 0.2) is 0 Å². The largest absolute Gasteiger partial charge is 0.367 e. The van der Waals surface area contributed by atoms with E-state index in [0.29, 0.717) is 12.6 Å². The van der Waals surface area contributed by atoms with E-state index in [2.05, 4.69) is 22.2 Å². The average molecular weight is 234 g/mol. The van der Waals surface area contributed by atoms with Gasteiger partial charge < -0.3 is 11.1 Å². The van der Waals surface area contributed by atoms with Crippen molar-refractivity contribution < 1.29 is 0 Å². The van der Waals surface area contributed by atoms with Crippen molar-refractivity contribution in [3.8, 4) is 0 Å². The molecule has 1 aliphatic carbocycles. The molecule has 0 saturated heterocycles. The van der Waals surface area contributed by atoms with Crippen molar-refractivity contribution >= 4 is 5.82 Å². The lowest BCUT2D eigenvalue weighted by atomic mass is 10.1. The van der Waals surface area contributed by atoms with E-state index < -0.39 is 0 Å². The number of aryl methyl sites for hydroxylation is 1. The maximum atomic E-state index is 5.57. The predicted octanol–water partition coefficient (Wildman–Crippen LogP) is 1.89. The fourth-order valence-corrected chi connectivity index (χ4v) is 2.38. The molecule has 0 saturated carbocycles. The minimum absolute atomic E-state index is 0.377. The molecule has 1 aliphatic rings. The smallest absolute Gasteiger partial charge is 0.133 e. The first-order valence-corrected chi connectivity index (χ1v) is 6.60. The Kier molecular flexibility index (Phi) is 4.31. The van der Waals surface area contributed by atoms with Gasteiger partial charge in [-0.2, -0.15) is 0 Å². The fraction of sp³-hybridized carbons (Fsp3) is 0.692. The van der Waals surface area contributed by atoms with E-state index in [4.69, 9.17) is 5.73 Å². The van der Waals surface area contributed by atoms with Gasteiger partial charge in [0, 0.05) is 17.3 Å². The molecule has 0 aliphatic heterocycles. The zero-order valence-electron chi connectivity index (χ0n) is 10.6. The van der Waals surface area contributed by atoms with E-state index in [1.165, 1.54) is 30.5 Å². The topological polar surface area (TPSA) is 63.8 Å². The molecule has 1 heterocycles. The van der Waals surface area contributed by atoms with Crippen LogP contribution >= 0.6 is 0 Å². The Morgan fingerprint density at radius 1 is 1.29 bits per heavy atom. The Labute approximate surface area is 103 Å². The minimum Gasteiger partial charge on any atom is -0.367 e. The van der Waals surface area contributed by atoms with Gasteiger partial charge in [-0.15, -0.1) is 0 Å². The highest BCUT2D eigenvalue weighted by atomic mass is 15.0. The van der Waals surface area contributed by atoms with Gasteiger partial charge in [0.2, 0.25) is 0 Å². The molecule has 17 heavy (non-hydrogen) atoms. The van der Waals surface area contributed by atoms with Gasteiger partial charge in [-0.05, 0) is 45.6 Å². The van der Waals surface area contributed by atoms with E-state index in [1.807, 2.05) is 0 Å². The summed E-state index contributed by atoms with van der Waals surface area (Å²) in [4.78, 5) is 8.81. The van der Waals surface area contributed by atoms with Gasteiger partial charge in [0.05, 0.1) is 0 Å². The number of nitrogens with one attached hydrogen (secondary N) is 1. The highest BCUT2D eigenvalue weighted by Gasteiger charge is 2.15. The number of anilines is 1. The number of nitrogens with zero attached hydrogens (tertiary/aromatic N) is 2. The zero-order chi connectivity index (χ0) is 12.1. The number of aromatic nitrogens is 2. The number of nitrogens with two attached hydrogens (primary N) is 1. The SMILES string of the molecule is CC(CCN)Nc1ncnc2c1CCCCC2. The van der Waals surface area contributed by atoms with E-state index in [0.717, 1.165) is 25.1 Å². The van der Waals surface area contributed by atoms with Gasteiger partial charge in [0.1, 0.15) is 12.1 Å². The van der Waals surface area contributed by atoms with E-state index in [1.54, 1.807) is 6.33 Å². The third kappa shape index (κ3) is 3.16. The van der Waals surface area contributed by atoms with Crippen LogP contribution in [-0.2, 0) is 12.8 Å². The molecule has 1 atom stereocenters. The van der Waals surface area contributed by atoms with Crippen LogP contribution in [0.5, 0.6) is 0 Å². The van der Waals surface area contributed by atoms with E-state index >= 15 is 0 Å². The molecule has 1 aromatic rings. The maximum absolute atomic E-state index is 5.57. The van der Waals surface area contributed by atoms with Crippen molar-refractivity contribution in [2.75, 3.05) is 11.9 Å². The summed E-state index contributed by atoms with van der Waals surface area (Å²) in [6, 6.07) is 0.377. The zero-order valence-corrected chi connectivity index (χ0v) is 10.6. The monoisotopic (exact) mass is 234 g/mol. The van der Waals surface area contributed by atoms with Crippen molar-refractivity contribution in [2.45, 2.75) is 51.5 Å². The molecular formula is C13H22N4. The van der Waals surface area contributed by atoms with Crippen LogP contribution in [0.3, 0.4) is 0 Å². The van der Waals surface area contributed by atoms with Crippen molar-refractivity contribution in [2.24, 2.45) is 5.73 Å². The maximum Gasteiger partial charge on any atom is 0.133 e. The summed E-state index contributed by atoms with van der Waals surface area (Å²) in [5.41, 5.74) is 8.14. The third-order valence-electron chi connectivity index (χ3n) is 3.36. The fourth-order valence-electron chi connectivity index (χ4n) is 2.38. The molecule has 0 amide bonds. The molecule has 0 spiro atoms. The summed E-state index contributed by atoms with van der Waals surface area (Å²) >= 11 is 0. The first-order chi connectivity index (χ1) is 8.31. The summed E-state index contributed by atoms with van der Waals surface area (Å²) in [7, 11) is 0. The Balaban J connectivity index is 2.16. The molecule has 4 nitrogen and oxygen atoms in total. The number of hydrogen-bond donors (Lipinski definition) is 2. The van der Waals surface area contributed by atoms with Crippen molar-refractivity contribution in [3.63, 3.8) is 0 Å². The standard InChI is InChI=1S/C13H22N4/c1-10(7-8-14)17-13-11-5-3-2-4-6-12(11)15-9-16-13/h9-10H,2-8,14H2,1H3,(H,15,16,17). The molecule has 4 heteroatoms. The Hall–Kier alpha value is -1.16. The van der Waals surface area contributed by atoms with Crippen molar-refractivity contribution in [1.82, 2.24) is 9.97 Å². The number of hydrogen-bond acceptors (Lipinski definition) is 4. The first-order valence-electron chi connectivity index (χ1n) is 6.60. The summed E-state index contributed by atoms with van der Waals surface area (Å²) in [5, 5.41) is 3.47. The lowest BCUT2D eigenvalue weighted by Crippen LogP contribution is -2.21. The summed E-state index contributed by atoms with van der Waals surface area (Å²) < 4.78 is 0. The highest BCUT2D eigenvalue weighted by molar-refractivity contribution is 5.47. The van der Waals surface area contributed by atoms with Gasteiger partial charge in [-0.25, -0.2) is 9.97 Å². The molecule has 94 valence electrons. The first kappa shape index (κ1) is 12.3. The normalized spacial score (nSPS) is 17.1. The quantitative estimate of drug-likeness (QED) is 0.781. The van der Waals surface area contributed by atoms with Crippen LogP contribution in [0.2, 0.25) is 0 Å². The van der Waals surface area contributed by atoms with Crippen molar-refractivity contribution in [1.29, 1.82) is 0 Å². The third-order valence-corrected chi connectivity index (χ3v) is 3.36. The van der Waals surface area contributed by atoms with Crippen LogP contribution in [0.4, 0.5) is 5.82 Å². The molecule has 0 fully saturated rings. The van der Waals surface area contributed by atoms with Gasteiger partial charge in [-0.1, -0.05) is 6.42 Å². The minimum atomic E-state index is 0.377. The molecule has 3 N–H and O–H groups in total. The van der Waals surface area contributed by atoms with Gasteiger partial charge >= 0.3 is 0 Å². The second-order valence-electron chi connectivity index (χ2n) is 4.83. The average Bonchev–Trinajstić information content (AvgIpc) is 2.55. The molecular weight excluding hydrogens is 212 g/mol. The van der Waals surface area contributed by atoms with Crippen LogP contribution < -0.4 is 11.1 Å². The van der Waals surface area contributed by atoms with Crippen LogP contribution in [0.15, 0.2) is 6.33 Å². The lowest BCUT2D eigenvalue weighted by molar-refractivity contribution is 0.704. The van der Waals surface area contributed by atoms with Crippen LogP contribution in [-0.4, -0.2) is 22.6 Å². The highest BCUT2D eigenvalue weighted by Crippen LogP contribution is 2.24. The van der Waals surface area contributed by atoms with Gasteiger partial charge in [-0.3, -0.25) is 0 Å². The Morgan fingerprint density at radius 2 is 2.12 bits per heavy atom.